The van der Waals surface area contributed by atoms with Crippen molar-refractivity contribution in [2.45, 2.75) is 18.8 Å². The summed E-state index contributed by atoms with van der Waals surface area (Å²) in [6.45, 7) is 0.308. The molecule has 0 aromatic rings. The van der Waals surface area contributed by atoms with Crippen LogP contribution >= 0.6 is 12.4 Å². The number of rotatable bonds is 0. The van der Waals surface area contributed by atoms with Crippen molar-refractivity contribution in [1.82, 2.24) is 5.01 Å². The molecular formula is C5H11ClF2N2. The molecule has 0 bridgehead atoms. The van der Waals surface area contributed by atoms with Crippen molar-refractivity contribution in [3.63, 3.8) is 0 Å². The molecule has 0 aromatic heterocycles. The zero-order valence-electron chi connectivity index (χ0n) is 5.52. The lowest BCUT2D eigenvalue weighted by Crippen LogP contribution is -2.46. The van der Waals surface area contributed by atoms with Crippen LogP contribution in [0.1, 0.15) is 12.8 Å². The van der Waals surface area contributed by atoms with Crippen molar-refractivity contribution in [2.24, 2.45) is 5.84 Å². The smallest absolute Gasteiger partial charge is 0.262 e. The Kier molecular flexibility index (Phi) is 3.48. The molecule has 10 heavy (non-hydrogen) atoms. The Balaban J connectivity index is 0.000000810. The maximum atomic E-state index is 12.3. The second-order valence-electron chi connectivity index (χ2n) is 2.43. The molecule has 62 valence electrons. The van der Waals surface area contributed by atoms with E-state index in [1.165, 1.54) is 5.01 Å². The number of halogens is 3. The van der Waals surface area contributed by atoms with Crippen LogP contribution in [0.5, 0.6) is 0 Å². The van der Waals surface area contributed by atoms with E-state index in [1.54, 1.807) is 0 Å². The van der Waals surface area contributed by atoms with E-state index >= 15 is 0 Å². The van der Waals surface area contributed by atoms with E-state index < -0.39 is 5.92 Å². The van der Waals surface area contributed by atoms with Crippen LogP contribution < -0.4 is 5.84 Å². The molecule has 5 heteroatoms. The Labute approximate surface area is 64.7 Å². The van der Waals surface area contributed by atoms with Gasteiger partial charge in [-0.15, -0.1) is 12.4 Å². The molecule has 0 radical (unpaired) electrons. The Morgan fingerprint density at radius 3 is 2.30 bits per heavy atom. The highest BCUT2D eigenvalue weighted by Crippen LogP contribution is 2.24. The largest absolute Gasteiger partial charge is 0.269 e. The van der Waals surface area contributed by atoms with Gasteiger partial charge in [-0.05, 0) is 6.42 Å². The van der Waals surface area contributed by atoms with Gasteiger partial charge < -0.3 is 0 Å². The standard InChI is InChI=1S/C5H10F2N2.ClH/c6-5(7)2-1-3-9(8)4-5;/h1-4,8H2;1H. The van der Waals surface area contributed by atoms with E-state index in [9.17, 15) is 8.78 Å². The van der Waals surface area contributed by atoms with Gasteiger partial charge in [-0.1, -0.05) is 0 Å². The first kappa shape index (κ1) is 10.1. The first-order valence-corrected chi connectivity index (χ1v) is 2.98. The molecule has 1 aliphatic rings. The van der Waals surface area contributed by atoms with Crippen molar-refractivity contribution in [3.8, 4) is 0 Å². The molecule has 0 unspecified atom stereocenters. The van der Waals surface area contributed by atoms with E-state index in [1.807, 2.05) is 0 Å². The lowest BCUT2D eigenvalue weighted by Gasteiger charge is -2.28. The number of piperidine rings is 1. The van der Waals surface area contributed by atoms with Crippen molar-refractivity contribution < 1.29 is 8.78 Å². The molecule has 1 rings (SSSR count). The first-order chi connectivity index (χ1) is 4.10. The zero-order valence-corrected chi connectivity index (χ0v) is 6.33. The maximum absolute atomic E-state index is 12.3. The van der Waals surface area contributed by atoms with Gasteiger partial charge in [0.2, 0.25) is 0 Å². The highest BCUT2D eigenvalue weighted by atomic mass is 35.5. The number of nitrogens with two attached hydrogens (primary N) is 1. The molecule has 2 N–H and O–H groups in total. The molecule has 0 aliphatic carbocycles. The minimum Gasteiger partial charge on any atom is -0.269 e. The predicted octanol–water partition coefficient (Wildman–Crippen LogP) is 1.01. The van der Waals surface area contributed by atoms with Crippen molar-refractivity contribution in [2.75, 3.05) is 13.1 Å². The van der Waals surface area contributed by atoms with E-state index in [2.05, 4.69) is 0 Å². The lowest BCUT2D eigenvalue weighted by atomic mass is 10.1. The van der Waals surface area contributed by atoms with Gasteiger partial charge in [-0.25, -0.2) is 13.8 Å². The molecular weight excluding hydrogens is 162 g/mol. The highest BCUT2D eigenvalue weighted by Gasteiger charge is 2.33. The molecule has 2 nitrogen and oxygen atoms in total. The summed E-state index contributed by atoms with van der Waals surface area (Å²) < 4.78 is 24.7. The molecule has 0 spiro atoms. The van der Waals surface area contributed by atoms with Gasteiger partial charge in [0.15, 0.2) is 0 Å². The number of hydrazine groups is 1. The summed E-state index contributed by atoms with van der Waals surface area (Å²) in [4.78, 5) is 0. The monoisotopic (exact) mass is 172 g/mol. The van der Waals surface area contributed by atoms with Crippen LogP contribution in [0.4, 0.5) is 8.78 Å². The molecule has 0 aromatic carbocycles. The molecule has 1 aliphatic heterocycles. The SMILES string of the molecule is Cl.NN1CCCC(F)(F)C1. The van der Waals surface area contributed by atoms with E-state index in [4.69, 9.17) is 5.84 Å². The quantitative estimate of drug-likeness (QED) is 0.553. The van der Waals surface area contributed by atoms with Crippen LogP contribution in [0, 0.1) is 0 Å². The molecule has 1 fully saturated rings. The Morgan fingerprint density at radius 1 is 1.40 bits per heavy atom. The number of hydrogen-bond donors (Lipinski definition) is 1. The van der Waals surface area contributed by atoms with Crippen LogP contribution in [0.15, 0.2) is 0 Å². The molecule has 0 atom stereocenters. The van der Waals surface area contributed by atoms with Crippen LogP contribution in [0.25, 0.3) is 0 Å². The Morgan fingerprint density at radius 2 is 2.00 bits per heavy atom. The summed E-state index contributed by atoms with van der Waals surface area (Å²) in [6, 6.07) is 0. The summed E-state index contributed by atoms with van der Waals surface area (Å²) in [5.74, 6) is 2.62. The zero-order chi connectivity index (χ0) is 6.91. The summed E-state index contributed by atoms with van der Waals surface area (Å²) in [5, 5.41) is 1.17. The lowest BCUT2D eigenvalue weighted by molar-refractivity contribution is -0.0642. The fourth-order valence-corrected chi connectivity index (χ4v) is 0.996. The summed E-state index contributed by atoms with van der Waals surface area (Å²) in [5.41, 5.74) is 0. The average Bonchev–Trinajstić information content (AvgIpc) is 1.60. The predicted molar refractivity (Wildman–Crippen MR) is 37.2 cm³/mol. The molecule has 0 amide bonds. The molecule has 1 saturated heterocycles. The Bertz CT molecular complexity index is 110. The fraction of sp³-hybridized carbons (Fsp3) is 1.00. The van der Waals surface area contributed by atoms with Gasteiger partial charge in [-0.2, -0.15) is 0 Å². The van der Waals surface area contributed by atoms with Crippen molar-refractivity contribution in [3.05, 3.63) is 0 Å². The van der Waals surface area contributed by atoms with Crippen molar-refractivity contribution >= 4 is 12.4 Å². The van der Waals surface area contributed by atoms with Gasteiger partial charge in [0.05, 0.1) is 6.54 Å². The van der Waals surface area contributed by atoms with Crippen LogP contribution in [0.2, 0.25) is 0 Å². The van der Waals surface area contributed by atoms with E-state index in [0.29, 0.717) is 13.0 Å². The topological polar surface area (TPSA) is 29.3 Å². The summed E-state index contributed by atoms with van der Waals surface area (Å²) in [6.07, 6.45) is 0.490. The van der Waals surface area contributed by atoms with Gasteiger partial charge in [-0.3, -0.25) is 5.84 Å². The van der Waals surface area contributed by atoms with Crippen LogP contribution in [-0.4, -0.2) is 24.0 Å². The number of alkyl halides is 2. The fourth-order valence-electron chi connectivity index (χ4n) is 0.996. The second kappa shape index (κ2) is 3.46. The minimum absolute atomic E-state index is 0. The van der Waals surface area contributed by atoms with E-state index in [-0.39, 0.29) is 25.4 Å². The maximum Gasteiger partial charge on any atom is 0.262 e. The highest BCUT2D eigenvalue weighted by molar-refractivity contribution is 5.85. The van der Waals surface area contributed by atoms with Gasteiger partial charge >= 0.3 is 0 Å². The molecule has 0 saturated carbocycles. The van der Waals surface area contributed by atoms with Gasteiger partial charge in [0, 0.05) is 13.0 Å². The second-order valence-corrected chi connectivity index (χ2v) is 2.43. The van der Waals surface area contributed by atoms with E-state index in [0.717, 1.165) is 0 Å². The third-order valence-electron chi connectivity index (χ3n) is 1.42. The van der Waals surface area contributed by atoms with Crippen molar-refractivity contribution in [1.29, 1.82) is 0 Å². The molecule has 1 heterocycles. The number of hydrogen-bond acceptors (Lipinski definition) is 2. The number of nitrogens with zero attached hydrogens (tertiary/aromatic N) is 1. The third kappa shape index (κ3) is 2.77. The summed E-state index contributed by atoms with van der Waals surface area (Å²) in [7, 11) is 0. The van der Waals surface area contributed by atoms with Crippen LogP contribution in [-0.2, 0) is 0 Å². The minimum atomic E-state index is -2.55. The third-order valence-corrected chi connectivity index (χ3v) is 1.42. The normalized spacial score (nSPS) is 25.5. The van der Waals surface area contributed by atoms with Gasteiger partial charge in [0.1, 0.15) is 0 Å². The first-order valence-electron chi connectivity index (χ1n) is 2.98. The van der Waals surface area contributed by atoms with Crippen LogP contribution in [0.3, 0.4) is 0 Å². The van der Waals surface area contributed by atoms with Gasteiger partial charge in [0.25, 0.3) is 5.92 Å². The Hall–Kier alpha value is 0.0700. The summed E-state index contributed by atoms with van der Waals surface area (Å²) >= 11 is 0. The average molecular weight is 173 g/mol.